The average Bonchev–Trinajstić information content (AvgIpc) is 3.10. The van der Waals surface area contributed by atoms with Crippen LogP contribution in [0.4, 0.5) is 11.4 Å². The van der Waals surface area contributed by atoms with Gasteiger partial charge in [-0.1, -0.05) is 71.4 Å². The topological polar surface area (TPSA) is 58.6 Å². The number of thioether (sulfide) groups is 1. The maximum atomic E-state index is 13.0. The molecule has 1 fully saturated rings. The number of halogens is 2. The number of anilines is 2. The molecule has 178 valence electrons. The van der Waals surface area contributed by atoms with Crippen molar-refractivity contribution in [1.82, 2.24) is 0 Å². The molecule has 9 heteroatoms. The number of thiocarbonyl (C=S) groups is 1. The third-order valence-electron chi connectivity index (χ3n) is 5.36. The summed E-state index contributed by atoms with van der Waals surface area (Å²) in [5.41, 5.74) is 4.17. The van der Waals surface area contributed by atoms with Crippen LogP contribution in [0.25, 0.3) is 6.08 Å². The minimum atomic E-state index is -0.258. The molecule has 35 heavy (non-hydrogen) atoms. The Kier molecular flexibility index (Phi) is 7.82. The smallest absolute Gasteiger partial charge is 0.270 e. The van der Waals surface area contributed by atoms with Crippen molar-refractivity contribution in [2.24, 2.45) is 0 Å². The van der Waals surface area contributed by atoms with E-state index in [1.807, 2.05) is 38.1 Å². The Balaban J connectivity index is 1.44. The summed E-state index contributed by atoms with van der Waals surface area (Å²) in [6, 6.07) is 17.8. The lowest BCUT2D eigenvalue weighted by Crippen LogP contribution is -2.27. The second-order valence-corrected chi connectivity index (χ2v) is 10.3. The lowest BCUT2D eigenvalue weighted by molar-refractivity contribution is -0.118. The summed E-state index contributed by atoms with van der Waals surface area (Å²) in [5.74, 6) is -0.000890. The number of aryl methyl sites for hydroxylation is 1. The average molecular weight is 543 g/mol. The normalized spacial score (nSPS) is 14.5. The Bertz CT molecular complexity index is 1370. The zero-order chi connectivity index (χ0) is 25.1. The minimum Gasteiger partial charge on any atom is -0.484 e. The number of rotatable bonds is 6. The number of nitrogens with one attached hydrogen (secondary N) is 1. The van der Waals surface area contributed by atoms with Gasteiger partial charge in [0.15, 0.2) is 10.9 Å². The van der Waals surface area contributed by atoms with E-state index in [-0.39, 0.29) is 18.4 Å². The number of hydrogen-bond donors (Lipinski definition) is 1. The maximum Gasteiger partial charge on any atom is 0.270 e. The van der Waals surface area contributed by atoms with E-state index in [4.69, 9.17) is 40.2 Å². The summed E-state index contributed by atoms with van der Waals surface area (Å²) < 4.78 is 6.08. The molecule has 2 amide bonds. The van der Waals surface area contributed by atoms with Crippen molar-refractivity contribution >= 4 is 80.8 Å². The fourth-order valence-electron chi connectivity index (χ4n) is 3.38. The molecule has 1 N–H and O–H groups in total. The predicted molar refractivity (Wildman–Crippen MR) is 149 cm³/mol. The number of nitrogens with zero attached hydrogens (tertiary/aromatic N) is 1. The first-order chi connectivity index (χ1) is 16.7. The van der Waals surface area contributed by atoms with Crippen LogP contribution in [0.1, 0.15) is 16.7 Å². The monoisotopic (exact) mass is 542 g/mol. The highest BCUT2D eigenvalue weighted by Gasteiger charge is 2.33. The van der Waals surface area contributed by atoms with Gasteiger partial charge in [-0.05, 0) is 73.0 Å². The minimum absolute atomic E-state index is 0.143. The molecule has 3 aromatic carbocycles. The molecule has 0 atom stereocenters. The van der Waals surface area contributed by atoms with Gasteiger partial charge in [0.25, 0.3) is 11.8 Å². The van der Waals surface area contributed by atoms with E-state index in [9.17, 15) is 9.59 Å². The van der Waals surface area contributed by atoms with Gasteiger partial charge in [-0.25, -0.2) is 0 Å². The van der Waals surface area contributed by atoms with E-state index in [1.54, 1.807) is 42.5 Å². The molecule has 1 aliphatic rings. The van der Waals surface area contributed by atoms with Crippen LogP contribution in [-0.4, -0.2) is 22.7 Å². The van der Waals surface area contributed by atoms with E-state index in [0.29, 0.717) is 30.7 Å². The van der Waals surface area contributed by atoms with Crippen LogP contribution in [-0.2, 0) is 9.59 Å². The Morgan fingerprint density at radius 1 is 1.09 bits per heavy atom. The number of amides is 2. The molecule has 0 saturated carbocycles. The molecule has 0 bridgehead atoms. The van der Waals surface area contributed by atoms with E-state index >= 15 is 0 Å². The van der Waals surface area contributed by atoms with Gasteiger partial charge in [-0.3, -0.25) is 14.5 Å². The van der Waals surface area contributed by atoms with Crippen LogP contribution in [0.3, 0.4) is 0 Å². The number of hydrogen-bond acceptors (Lipinski definition) is 5. The maximum absolute atomic E-state index is 13.0. The van der Waals surface area contributed by atoms with E-state index in [0.717, 1.165) is 22.4 Å². The van der Waals surface area contributed by atoms with Crippen LogP contribution in [0.15, 0.2) is 65.6 Å². The van der Waals surface area contributed by atoms with Crippen LogP contribution in [0.2, 0.25) is 10.0 Å². The highest BCUT2D eigenvalue weighted by atomic mass is 35.5. The summed E-state index contributed by atoms with van der Waals surface area (Å²) >= 11 is 18.7. The third kappa shape index (κ3) is 5.87. The van der Waals surface area contributed by atoms with Gasteiger partial charge < -0.3 is 10.1 Å². The fourth-order valence-corrected chi connectivity index (χ4v) is 4.97. The van der Waals surface area contributed by atoms with Gasteiger partial charge in [-0.2, -0.15) is 0 Å². The zero-order valence-electron chi connectivity index (χ0n) is 18.8. The van der Waals surface area contributed by atoms with Gasteiger partial charge in [0, 0.05) is 5.69 Å². The molecule has 0 radical (unpaired) electrons. The molecule has 1 saturated heterocycles. The molecule has 4 rings (SSSR count). The summed E-state index contributed by atoms with van der Waals surface area (Å²) in [5, 5.41) is 3.61. The number of carbonyl (C=O) groups is 2. The summed E-state index contributed by atoms with van der Waals surface area (Å²) in [7, 11) is 0. The molecular weight excluding hydrogens is 523 g/mol. The van der Waals surface area contributed by atoms with E-state index < -0.39 is 0 Å². The quantitative estimate of drug-likeness (QED) is 0.267. The lowest BCUT2D eigenvalue weighted by atomic mass is 10.1. The molecule has 0 aromatic heterocycles. The Morgan fingerprint density at radius 3 is 2.63 bits per heavy atom. The molecule has 5 nitrogen and oxygen atoms in total. The van der Waals surface area contributed by atoms with Crippen molar-refractivity contribution in [2.45, 2.75) is 13.8 Å². The fraction of sp³-hybridized carbons (Fsp3) is 0.115. The van der Waals surface area contributed by atoms with Gasteiger partial charge in [0.2, 0.25) is 0 Å². The van der Waals surface area contributed by atoms with Crippen molar-refractivity contribution in [3.8, 4) is 5.75 Å². The molecular formula is C26H20Cl2N2O3S2. The Morgan fingerprint density at radius 2 is 1.86 bits per heavy atom. The molecule has 0 spiro atoms. The largest absolute Gasteiger partial charge is 0.484 e. The highest BCUT2D eigenvalue weighted by molar-refractivity contribution is 8.27. The zero-order valence-corrected chi connectivity index (χ0v) is 21.9. The Labute approximate surface area is 223 Å². The third-order valence-corrected chi connectivity index (χ3v) is 7.40. The molecule has 0 unspecified atom stereocenters. The van der Waals surface area contributed by atoms with Crippen LogP contribution in [0, 0.1) is 13.8 Å². The van der Waals surface area contributed by atoms with Crippen LogP contribution < -0.4 is 15.0 Å². The standard InChI is InChI=1S/C26H20Cl2N2O3S2/c1-15-5-3-8-22(16(15)2)29-24(31)14-33-19-7-4-6-17(11-19)12-23-25(32)30(26(34)35-23)18-9-10-20(27)21(28)13-18/h3-13H,14H2,1-2H3,(H,29,31)/b23-12-. The van der Waals surface area contributed by atoms with Crippen molar-refractivity contribution in [2.75, 3.05) is 16.8 Å². The van der Waals surface area contributed by atoms with Gasteiger partial charge in [0.05, 0.1) is 20.6 Å². The number of benzene rings is 3. The second-order valence-electron chi connectivity index (χ2n) is 7.77. The number of ether oxygens (including phenoxy) is 1. The Hall–Kier alpha value is -2.84. The summed E-state index contributed by atoms with van der Waals surface area (Å²) in [6.07, 6.45) is 1.74. The van der Waals surface area contributed by atoms with Crippen molar-refractivity contribution in [1.29, 1.82) is 0 Å². The lowest BCUT2D eigenvalue weighted by Gasteiger charge is -2.15. The van der Waals surface area contributed by atoms with E-state index in [2.05, 4.69) is 5.32 Å². The summed E-state index contributed by atoms with van der Waals surface area (Å²) in [6.45, 7) is 3.81. The molecule has 1 aliphatic heterocycles. The highest BCUT2D eigenvalue weighted by Crippen LogP contribution is 2.38. The first-order valence-electron chi connectivity index (χ1n) is 10.5. The van der Waals surface area contributed by atoms with Crippen molar-refractivity contribution in [3.63, 3.8) is 0 Å². The summed E-state index contributed by atoms with van der Waals surface area (Å²) in [4.78, 5) is 27.3. The molecule has 0 aliphatic carbocycles. The molecule has 1 heterocycles. The van der Waals surface area contributed by atoms with Crippen molar-refractivity contribution in [3.05, 3.63) is 92.3 Å². The first-order valence-corrected chi connectivity index (χ1v) is 12.5. The number of carbonyl (C=O) groups excluding carboxylic acids is 2. The van der Waals surface area contributed by atoms with Gasteiger partial charge in [0.1, 0.15) is 5.75 Å². The van der Waals surface area contributed by atoms with Crippen LogP contribution >= 0.6 is 47.2 Å². The van der Waals surface area contributed by atoms with Crippen molar-refractivity contribution < 1.29 is 14.3 Å². The van der Waals surface area contributed by atoms with Gasteiger partial charge in [-0.15, -0.1) is 0 Å². The molecule has 3 aromatic rings. The second kappa shape index (κ2) is 10.8. The van der Waals surface area contributed by atoms with Crippen LogP contribution in [0.5, 0.6) is 5.75 Å². The van der Waals surface area contributed by atoms with Gasteiger partial charge >= 0.3 is 0 Å². The van der Waals surface area contributed by atoms with E-state index in [1.165, 1.54) is 16.7 Å². The first kappa shape index (κ1) is 25.3. The SMILES string of the molecule is Cc1cccc(NC(=O)COc2cccc(/C=C3\SC(=S)N(c4ccc(Cl)c(Cl)c4)C3=O)c2)c1C. The predicted octanol–water partition coefficient (Wildman–Crippen LogP) is 7.03.